The standard InChI is InChI=1S/C5H7O2.C3H2O2.C3H8.HI.2W.2Y/c1-4(6)3-5(2)7;4-2-1-3-5;1-3-2;;;;;/h1,3H2,2H3;1H2;3H2,1-2H3;1H;;;;/q-1;-2;;;;;;. The second kappa shape index (κ2) is 49.5. The molecule has 0 aromatic carbocycles. The van der Waals surface area contributed by atoms with E-state index in [0.29, 0.717) is 0 Å². The Bertz CT molecular complexity index is 191. The molecule has 0 saturated heterocycles. The van der Waals surface area contributed by atoms with Crippen LogP contribution in [-0.4, -0.2) is 24.1 Å². The Hall–Kier alpha value is 2.86. The Labute approximate surface area is 218 Å². The monoisotopic (exact) mass is 887 g/mol. The zero-order chi connectivity index (χ0) is 12.7. The van der Waals surface area contributed by atoms with Crippen LogP contribution < -0.4 is 0 Å². The summed E-state index contributed by atoms with van der Waals surface area (Å²) < 4.78 is 0. The van der Waals surface area contributed by atoms with Crippen LogP contribution in [0.2, 0.25) is 0 Å². The summed E-state index contributed by atoms with van der Waals surface area (Å²) in [4.78, 5) is 38.0. The molecule has 0 heterocycles. The van der Waals surface area contributed by atoms with Crippen LogP contribution in [0.25, 0.3) is 0 Å². The molecule has 0 fully saturated rings. The Balaban J connectivity index is -0.0000000169. The predicted molar refractivity (Wildman–Crippen MR) is 73.0 cm³/mol. The van der Waals surface area contributed by atoms with E-state index in [2.05, 4.69) is 20.8 Å². The summed E-state index contributed by atoms with van der Waals surface area (Å²) in [5.41, 5.74) is 0. The molecule has 0 unspecified atom stereocenters. The molecular weight excluding hydrogens is 869 g/mol. The van der Waals surface area contributed by atoms with E-state index in [9.17, 15) is 9.59 Å². The van der Waals surface area contributed by atoms with E-state index in [-0.39, 0.29) is 156 Å². The SMILES string of the molecule is CCC.I.O=[C-]C[C-]=O.[CH2-]C(=O)CC(C)=O.[W].[W].[Y].[Y]. The van der Waals surface area contributed by atoms with Gasteiger partial charge >= 0.3 is 0 Å². The Morgan fingerprint density at radius 2 is 1.25 bits per heavy atom. The van der Waals surface area contributed by atoms with Crippen molar-refractivity contribution >= 4 is 48.1 Å². The molecule has 0 spiro atoms. The van der Waals surface area contributed by atoms with Gasteiger partial charge in [-0.2, -0.15) is 0 Å². The maximum Gasteiger partial charge on any atom is 0.134 e. The molecule has 2 radical (unpaired) electrons. The maximum absolute atomic E-state index is 9.99. The average molecular weight is 887 g/mol. The zero-order valence-electron chi connectivity index (χ0n) is 11.8. The molecular formula is C11H18IO4W2Y2-3. The van der Waals surface area contributed by atoms with Gasteiger partial charge < -0.3 is 21.3 Å². The van der Waals surface area contributed by atoms with Crippen molar-refractivity contribution in [1.82, 2.24) is 0 Å². The third-order valence-electron chi connectivity index (χ3n) is 0.590. The van der Waals surface area contributed by atoms with Crippen LogP contribution in [0.4, 0.5) is 0 Å². The molecule has 0 N–H and O–H groups in total. The number of Topliss-reactive ketones (excluding diaryl/α,β-unsaturated/α-hetero) is 2. The number of carbonyl (C=O) groups excluding carboxylic acids is 4. The molecule has 0 aliphatic carbocycles. The molecule has 0 rings (SSSR count). The predicted octanol–water partition coefficient (Wildman–Crippen LogP) is 1.99. The smallest absolute Gasteiger partial charge is 0.134 e. The van der Waals surface area contributed by atoms with Crippen molar-refractivity contribution in [1.29, 1.82) is 0 Å². The van der Waals surface area contributed by atoms with Gasteiger partial charge in [0, 0.05) is 120 Å². The van der Waals surface area contributed by atoms with Crippen molar-refractivity contribution in [2.45, 2.75) is 40.0 Å². The first-order valence-electron chi connectivity index (χ1n) is 4.50. The third-order valence-corrected chi connectivity index (χ3v) is 0.590. The molecule has 0 aliphatic heterocycles. The van der Waals surface area contributed by atoms with E-state index < -0.39 is 0 Å². The van der Waals surface area contributed by atoms with Gasteiger partial charge in [0.15, 0.2) is 0 Å². The summed E-state index contributed by atoms with van der Waals surface area (Å²) in [6, 6.07) is 0. The minimum Gasteiger partial charge on any atom is -0.544 e. The molecule has 0 atom stereocenters. The Kier molecular flexibility index (Phi) is 122. The second-order valence-electron chi connectivity index (χ2n) is 2.59. The van der Waals surface area contributed by atoms with Gasteiger partial charge in [-0.25, -0.2) is 0 Å². The van der Waals surface area contributed by atoms with Crippen molar-refractivity contribution in [3.8, 4) is 0 Å². The topological polar surface area (TPSA) is 68.3 Å². The Morgan fingerprint density at radius 1 is 1.00 bits per heavy atom. The van der Waals surface area contributed by atoms with Crippen molar-refractivity contribution in [2.75, 3.05) is 0 Å². The fourth-order valence-electron chi connectivity index (χ4n) is 0.307. The first kappa shape index (κ1) is 49.5. The number of hydrogen-bond donors (Lipinski definition) is 0. The van der Waals surface area contributed by atoms with Gasteiger partial charge in [0.2, 0.25) is 0 Å². The largest absolute Gasteiger partial charge is 0.544 e. The van der Waals surface area contributed by atoms with Crippen molar-refractivity contribution in [3.63, 3.8) is 0 Å². The normalized spacial score (nSPS) is 5.35. The van der Waals surface area contributed by atoms with Crippen LogP contribution in [0.5, 0.6) is 0 Å². The van der Waals surface area contributed by atoms with Gasteiger partial charge in [0.05, 0.1) is 0 Å². The summed E-state index contributed by atoms with van der Waals surface area (Å²) in [5, 5.41) is 0. The molecule has 0 aromatic heterocycles. The summed E-state index contributed by atoms with van der Waals surface area (Å²) >= 11 is 0. The second-order valence-corrected chi connectivity index (χ2v) is 2.59. The van der Waals surface area contributed by atoms with Crippen molar-refractivity contribution in [3.05, 3.63) is 6.92 Å². The molecule has 9 heteroatoms. The van der Waals surface area contributed by atoms with Crippen LogP contribution in [0.1, 0.15) is 40.0 Å². The molecule has 0 bridgehead atoms. The number of rotatable bonds is 4. The van der Waals surface area contributed by atoms with E-state index in [0.717, 1.165) is 0 Å². The molecule has 0 amide bonds. The summed E-state index contributed by atoms with van der Waals surface area (Å²) in [6.07, 6.45) is 3.69. The molecule has 4 nitrogen and oxygen atoms in total. The van der Waals surface area contributed by atoms with E-state index in [1.165, 1.54) is 25.9 Å². The molecule has 0 aliphatic rings. The summed E-state index contributed by atoms with van der Waals surface area (Å²) in [7, 11) is 0. The molecule has 20 heavy (non-hydrogen) atoms. The van der Waals surface area contributed by atoms with Gasteiger partial charge in [-0.05, 0) is 6.92 Å². The van der Waals surface area contributed by atoms with Crippen LogP contribution in [-0.2, 0) is 127 Å². The fourth-order valence-corrected chi connectivity index (χ4v) is 0.307. The number of hydrogen-bond acceptors (Lipinski definition) is 4. The van der Waals surface area contributed by atoms with Gasteiger partial charge in [0.25, 0.3) is 0 Å². The Morgan fingerprint density at radius 3 is 1.25 bits per heavy atom. The molecule has 114 valence electrons. The van der Waals surface area contributed by atoms with Crippen LogP contribution in [0.3, 0.4) is 0 Å². The minimum atomic E-state index is -0.312. The van der Waals surface area contributed by atoms with Gasteiger partial charge in [-0.15, -0.1) is 24.0 Å². The van der Waals surface area contributed by atoms with Crippen molar-refractivity contribution in [2.24, 2.45) is 0 Å². The number of ketones is 2. The first-order chi connectivity index (χ1) is 6.95. The van der Waals surface area contributed by atoms with E-state index >= 15 is 0 Å². The van der Waals surface area contributed by atoms with Gasteiger partial charge in [-0.3, -0.25) is 23.8 Å². The third kappa shape index (κ3) is 105. The van der Waals surface area contributed by atoms with Crippen LogP contribution in [0.15, 0.2) is 0 Å². The molecule has 0 aromatic rings. The summed E-state index contributed by atoms with van der Waals surface area (Å²) in [5.74, 6) is -0.437. The fraction of sp³-hybridized carbons (Fsp3) is 0.545. The van der Waals surface area contributed by atoms with Gasteiger partial charge in [-0.1, -0.05) is 20.3 Å². The van der Waals surface area contributed by atoms with E-state index in [4.69, 9.17) is 9.59 Å². The first-order valence-corrected chi connectivity index (χ1v) is 4.50. The molecule has 0 saturated carbocycles. The van der Waals surface area contributed by atoms with E-state index in [1.807, 2.05) is 0 Å². The number of halogens is 1. The average Bonchev–Trinajstić information content (AvgIpc) is 2.05. The van der Waals surface area contributed by atoms with Crippen LogP contribution in [0, 0.1) is 6.92 Å². The van der Waals surface area contributed by atoms with Crippen molar-refractivity contribution < 1.29 is 127 Å². The van der Waals surface area contributed by atoms with E-state index in [1.54, 1.807) is 0 Å². The summed E-state index contributed by atoms with van der Waals surface area (Å²) in [6.45, 7) is 8.63. The van der Waals surface area contributed by atoms with Gasteiger partial charge in [0.1, 0.15) is 5.78 Å². The van der Waals surface area contributed by atoms with Crippen LogP contribution >= 0.6 is 24.0 Å². The minimum absolute atomic E-state index is 0. The zero-order valence-corrected chi connectivity index (χ0v) is 25.7. The maximum atomic E-state index is 9.99. The number of carbonyl (C=O) groups is 2. The quantitative estimate of drug-likeness (QED) is 0.247.